The minimum absolute atomic E-state index is 0.0297. The van der Waals surface area contributed by atoms with E-state index < -0.39 is 5.97 Å². The lowest BCUT2D eigenvalue weighted by Gasteiger charge is -2.02. The van der Waals surface area contributed by atoms with Gasteiger partial charge in [-0.2, -0.15) is 0 Å². The van der Waals surface area contributed by atoms with Gasteiger partial charge in [0.25, 0.3) is 0 Å². The molecule has 0 spiro atoms. The first-order chi connectivity index (χ1) is 8.15. The molecule has 17 heavy (non-hydrogen) atoms. The van der Waals surface area contributed by atoms with Crippen molar-refractivity contribution in [2.24, 2.45) is 0 Å². The predicted octanol–water partition coefficient (Wildman–Crippen LogP) is 2.07. The Morgan fingerprint density at radius 3 is 2.59 bits per heavy atom. The molecule has 2 rings (SSSR count). The number of aromatic nitrogens is 2. The highest BCUT2D eigenvalue weighted by atomic mass is 16.4. The molecule has 0 amide bonds. The van der Waals surface area contributed by atoms with Crippen molar-refractivity contribution in [3.8, 4) is 0 Å². The van der Waals surface area contributed by atoms with Gasteiger partial charge in [-0.25, -0.2) is 14.8 Å². The number of nitrogens with zero attached hydrogens (tertiary/aromatic N) is 2. The van der Waals surface area contributed by atoms with Crippen molar-refractivity contribution in [3.05, 3.63) is 59.2 Å². The van der Waals surface area contributed by atoms with Crippen LogP contribution in [-0.2, 0) is 6.42 Å². The Hall–Kier alpha value is -2.23. The molecule has 0 fully saturated rings. The zero-order valence-corrected chi connectivity index (χ0v) is 9.42. The van der Waals surface area contributed by atoms with Gasteiger partial charge in [-0.1, -0.05) is 29.8 Å². The van der Waals surface area contributed by atoms with Crippen molar-refractivity contribution >= 4 is 5.97 Å². The molecule has 2 aromatic rings. The Morgan fingerprint density at radius 2 is 1.94 bits per heavy atom. The van der Waals surface area contributed by atoms with E-state index in [1.807, 2.05) is 31.2 Å². The number of aromatic carboxylic acids is 1. The van der Waals surface area contributed by atoms with Gasteiger partial charge in [0.05, 0.1) is 0 Å². The van der Waals surface area contributed by atoms with Gasteiger partial charge >= 0.3 is 5.97 Å². The number of carboxylic acids is 1. The number of aryl methyl sites for hydroxylation is 1. The summed E-state index contributed by atoms with van der Waals surface area (Å²) in [5.74, 6) is -1.03. The van der Waals surface area contributed by atoms with E-state index >= 15 is 0 Å². The second kappa shape index (κ2) is 4.74. The Kier molecular flexibility index (Phi) is 3.14. The molecule has 0 unspecified atom stereocenters. The molecule has 0 saturated heterocycles. The lowest BCUT2D eigenvalue weighted by atomic mass is 10.1. The fourth-order valence-corrected chi connectivity index (χ4v) is 1.53. The third-order valence-corrected chi connectivity index (χ3v) is 2.45. The van der Waals surface area contributed by atoms with Crippen LogP contribution in [0.4, 0.5) is 0 Å². The van der Waals surface area contributed by atoms with E-state index in [0.29, 0.717) is 12.1 Å². The molecule has 0 saturated carbocycles. The van der Waals surface area contributed by atoms with Crippen LogP contribution < -0.4 is 0 Å². The summed E-state index contributed by atoms with van der Waals surface area (Å²) in [6.45, 7) is 2.02. The number of hydrogen-bond donors (Lipinski definition) is 1. The molecule has 4 nitrogen and oxygen atoms in total. The maximum atomic E-state index is 10.8. The third-order valence-electron chi connectivity index (χ3n) is 2.45. The van der Waals surface area contributed by atoms with E-state index in [9.17, 15) is 4.79 Å². The minimum atomic E-state index is -1.03. The van der Waals surface area contributed by atoms with Gasteiger partial charge in [0.2, 0.25) is 0 Å². The van der Waals surface area contributed by atoms with E-state index in [4.69, 9.17) is 5.11 Å². The molecule has 0 aliphatic rings. The van der Waals surface area contributed by atoms with Crippen LogP contribution in [0.3, 0.4) is 0 Å². The van der Waals surface area contributed by atoms with Gasteiger partial charge < -0.3 is 5.11 Å². The lowest BCUT2D eigenvalue weighted by Crippen LogP contribution is -2.03. The molecule has 0 radical (unpaired) electrons. The lowest BCUT2D eigenvalue weighted by molar-refractivity contribution is 0.0690. The van der Waals surface area contributed by atoms with Gasteiger partial charge in [-0.3, -0.25) is 0 Å². The summed E-state index contributed by atoms with van der Waals surface area (Å²) in [6.07, 6.45) is 1.90. The van der Waals surface area contributed by atoms with E-state index in [1.54, 1.807) is 0 Å². The Bertz CT molecular complexity index is 535. The second-order valence-corrected chi connectivity index (χ2v) is 3.86. The zero-order chi connectivity index (χ0) is 12.3. The average molecular weight is 228 g/mol. The van der Waals surface area contributed by atoms with Crippen LogP contribution in [0, 0.1) is 6.92 Å². The fraction of sp³-hybridized carbons (Fsp3) is 0.154. The van der Waals surface area contributed by atoms with E-state index in [0.717, 1.165) is 5.56 Å². The van der Waals surface area contributed by atoms with Crippen molar-refractivity contribution < 1.29 is 9.90 Å². The van der Waals surface area contributed by atoms with E-state index in [-0.39, 0.29) is 5.69 Å². The van der Waals surface area contributed by atoms with Crippen LogP contribution in [0.1, 0.15) is 27.3 Å². The smallest absolute Gasteiger partial charge is 0.354 e. The fourth-order valence-electron chi connectivity index (χ4n) is 1.53. The second-order valence-electron chi connectivity index (χ2n) is 3.86. The topological polar surface area (TPSA) is 63.1 Å². The minimum Gasteiger partial charge on any atom is -0.477 e. The van der Waals surface area contributed by atoms with Gasteiger partial charge in [0, 0.05) is 12.1 Å². The molecule has 0 aliphatic carbocycles. The highest BCUT2D eigenvalue weighted by Crippen LogP contribution is 2.09. The van der Waals surface area contributed by atoms with Crippen molar-refractivity contribution in [1.82, 2.24) is 9.97 Å². The zero-order valence-electron chi connectivity index (χ0n) is 9.42. The first kappa shape index (κ1) is 11.3. The normalized spacial score (nSPS) is 10.2. The highest BCUT2D eigenvalue weighted by Gasteiger charge is 2.06. The molecule has 1 aromatic carbocycles. The van der Waals surface area contributed by atoms with Crippen LogP contribution >= 0.6 is 0 Å². The monoisotopic (exact) mass is 228 g/mol. The number of carboxylic acid groups (broad SMARTS) is 1. The molecule has 1 heterocycles. The SMILES string of the molecule is Cc1ccc(Cc2cc(C(=O)O)ncn2)cc1. The first-order valence-electron chi connectivity index (χ1n) is 5.25. The van der Waals surface area contributed by atoms with Gasteiger partial charge in [0.1, 0.15) is 6.33 Å². The summed E-state index contributed by atoms with van der Waals surface area (Å²) in [5, 5.41) is 8.82. The summed E-state index contributed by atoms with van der Waals surface area (Å²) >= 11 is 0. The van der Waals surface area contributed by atoms with Crippen molar-refractivity contribution in [2.75, 3.05) is 0 Å². The molecule has 86 valence electrons. The van der Waals surface area contributed by atoms with Crippen LogP contribution in [-0.4, -0.2) is 21.0 Å². The molecule has 0 bridgehead atoms. The Labute approximate surface area is 99.0 Å². The number of carbonyl (C=O) groups is 1. The van der Waals surface area contributed by atoms with Crippen LogP contribution in [0.2, 0.25) is 0 Å². The van der Waals surface area contributed by atoms with Gasteiger partial charge in [-0.05, 0) is 18.6 Å². The standard InChI is InChI=1S/C13H12N2O2/c1-9-2-4-10(5-3-9)6-11-7-12(13(16)17)15-8-14-11/h2-5,7-8H,6H2,1H3,(H,16,17). The van der Waals surface area contributed by atoms with Crippen LogP contribution in [0.25, 0.3) is 0 Å². The molecule has 1 N–H and O–H groups in total. The molecular formula is C13H12N2O2. The maximum Gasteiger partial charge on any atom is 0.354 e. The maximum absolute atomic E-state index is 10.8. The molecule has 1 aromatic heterocycles. The quantitative estimate of drug-likeness (QED) is 0.873. The molecular weight excluding hydrogens is 216 g/mol. The van der Waals surface area contributed by atoms with Crippen LogP contribution in [0.5, 0.6) is 0 Å². The van der Waals surface area contributed by atoms with Crippen molar-refractivity contribution in [1.29, 1.82) is 0 Å². The number of hydrogen-bond acceptors (Lipinski definition) is 3. The summed E-state index contributed by atoms with van der Waals surface area (Å²) in [7, 11) is 0. The summed E-state index contributed by atoms with van der Waals surface area (Å²) in [4.78, 5) is 18.5. The van der Waals surface area contributed by atoms with Crippen LogP contribution in [0.15, 0.2) is 36.7 Å². The third kappa shape index (κ3) is 2.87. The summed E-state index contributed by atoms with van der Waals surface area (Å²) in [5.41, 5.74) is 3.04. The first-order valence-corrected chi connectivity index (χ1v) is 5.25. The van der Waals surface area contributed by atoms with Crippen molar-refractivity contribution in [2.45, 2.75) is 13.3 Å². The molecule has 0 atom stereocenters. The van der Waals surface area contributed by atoms with Crippen molar-refractivity contribution in [3.63, 3.8) is 0 Å². The van der Waals surface area contributed by atoms with Gasteiger partial charge in [0.15, 0.2) is 5.69 Å². The van der Waals surface area contributed by atoms with Gasteiger partial charge in [-0.15, -0.1) is 0 Å². The Balaban J connectivity index is 2.21. The summed E-state index contributed by atoms with van der Waals surface area (Å²) < 4.78 is 0. The molecule has 4 heteroatoms. The Morgan fingerprint density at radius 1 is 1.24 bits per heavy atom. The highest BCUT2D eigenvalue weighted by molar-refractivity contribution is 5.85. The molecule has 0 aliphatic heterocycles. The largest absolute Gasteiger partial charge is 0.477 e. The number of rotatable bonds is 3. The van der Waals surface area contributed by atoms with E-state index in [2.05, 4.69) is 9.97 Å². The predicted molar refractivity (Wildman–Crippen MR) is 63.0 cm³/mol. The van der Waals surface area contributed by atoms with E-state index in [1.165, 1.54) is 18.0 Å². The average Bonchev–Trinajstić information content (AvgIpc) is 2.32. The number of benzene rings is 1. The summed E-state index contributed by atoms with van der Waals surface area (Å²) in [6, 6.07) is 9.57.